The largest absolute Gasteiger partial charge is 0.310 e. The van der Waals surface area contributed by atoms with Gasteiger partial charge in [-0.1, -0.05) is 6.07 Å². The van der Waals surface area contributed by atoms with Gasteiger partial charge in [0.1, 0.15) is 0 Å². The first-order chi connectivity index (χ1) is 7.36. The molecule has 1 atom stereocenters. The topological polar surface area (TPSA) is 29.3 Å². The summed E-state index contributed by atoms with van der Waals surface area (Å²) in [4.78, 5) is 4.36. The van der Waals surface area contributed by atoms with Crippen molar-refractivity contribution < 1.29 is 0 Å². The third kappa shape index (κ3) is 1.35. The van der Waals surface area contributed by atoms with E-state index in [2.05, 4.69) is 40.0 Å². The summed E-state index contributed by atoms with van der Waals surface area (Å²) in [5.41, 5.74) is 3.79. The normalized spacial score (nSPS) is 21.3. The fourth-order valence-corrected chi connectivity index (χ4v) is 2.48. The average molecular weight is 201 g/mol. The molecule has 3 nitrogen and oxygen atoms in total. The number of pyridine rings is 1. The zero-order chi connectivity index (χ0) is 10.3. The van der Waals surface area contributed by atoms with Crippen molar-refractivity contribution >= 4 is 5.52 Å². The van der Waals surface area contributed by atoms with Crippen LogP contribution in [0.5, 0.6) is 0 Å². The van der Waals surface area contributed by atoms with Crippen molar-refractivity contribution in [3.63, 3.8) is 0 Å². The van der Waals surface area contributed by atoms with Gasteiger partial charge < -0.3 is 9.72 Å². The van der Waals surface area contributed by atoms with Crippen LogP contribution in [0.4, 0.5) is 0 Å². The maximum Gasteiger partial charge on any atom is 0.0995 e. The van der Waals surface area contributed by atoms with E-state index in [0.717, 1.165) is 12.2 Å². The second kappa shape index (κ2) is 3.35. The minimum absolute atomic E-state index is 0.518. The number of rotatable bonds is 1. The van der Waals surface area contributed by atoms with Gasteiger partial charge in [0.15, 0.2) is 0 Å². The molecule has 0 saturated carbocycles. The Morgan fingerprint density at radius 1 is 1.53 bits per heavy atom. The molecule has 0 radical (unpaired) electrons. The lowest BCUT2D eigenvalue weighted by molar-refractivity contribution is 0.650. The highest BCUT2D eigenvalue weighted by Gasteiger charge is 2.19. The molecule has 3 rings (SSSR count). The third-order valence-electron chi connectivity index (χ3n) is 3.21. The van der Waals surface area contributed by atoms with E-state index in [1.165, 1.54) is 23.9 Å². The van der Waals surface area contributed by atoms with Gasteiger partial charge in [0.25, 0.3) is 0 Å². The van der Waals surface area contributed by atoms with Gasteiger partial charge in [-0.05, 0) is 37.9 Å². The van der Waals surface area contributed by atoms with Gasteiger partial charge in [-0.25, -0.2) is 4.98 Å². The third-order valence-corrected chi connectivity index (χ3v) is 3.21. The summed E-state index contributed by atoms with van der Waals surface area (Å²) in [5.74, 6) is 0. The van der Waals surface area contributed by atoms with Crippen molar-refractivity contribution in [2.75, 3.05) is 6.54 Å². The van der Waals surface area contributed by atoms with E-state index in [4.69, 9.17) is 0 Å². The first-order valence-corrected chi connectivity index (χ1v) is 5.52. The zero-order valence-electron chi connectivity index (χ0n) is 8.90. The summed E-state index contributed by atoms with van der Waals surface area (Å²) in [6, 6.07) is 4.83. The molecule has 3 heterocycles. The fraction of sp³-hybridized carbons (Fsp3) is 0.417. The number of imidazole rings is 1. The van der Waals surface area contributed by atoms with E-state index in [-0.39, 0.29) is 0 Å². The molecule has 2 aromatic rings. The van der Waals surface area contributed by atoms with Gasteiger partial charge in [0.05, 0.1) is 17.5 Å². The number of hydrogen-bond donors (Lipinski definition) is 1. The second-order valence-corrected chi connectivity index (χ2v) is 4.20. The van der Waals surface area contributed by atoms with Crippen LogP contribution in [0.1, 0.15) is 30.1 Å². The number of nitrogens with zero attached hydrogens (tertiary/aromatic N) is 2. The number of nitrogens with one attached hydrogen (secondary N) is 1. The van der Waals surface area contributed by atoms with Gasteiger partial charge in [0, 0.05) is 12.2 Å². The fourth-order valence-electron chi connectivity index (χ4n) is 2.48. The van der Waals surface area contributed by atoms with Crippen molar-refractivity contribution in [2.45, 2.75) is 25.8 Å². The molecule has 15 heavy (non-hydrogen) atoms. The van der Waals surface area contributed by atoms with Gasteiger partial charge >= 0.3 is 0 Å². The Hall–Kier alpha value is -1.35. The Morgan fingerprint density at radius 3 is 3.27 bits per heavy atom. The summed E-state index contributed by atoms with van der Waals surface area (Å²) < 4.78 is 2.12. The highest BCUT2D eigenvalue weighted by atomic mass is 15.0. The molecule has 0 aromatic carbocycles. The van der Waals surface area contributed by atoms with Crippen LogP contribution >= 0.6 is 0 Å². The Balaban J connectivity index is 2.19. The standard InChI is InChI=1S/C12H15N3/c1-9-12-10(11-5-2-6-13-11)4-3-7-15(12)8-14-9/h3-4,7-8,11,13H,2,5-6H2,1H3. The maximum absolute atomic E-state index is 4.36. The van der Waals surface area contributed by atoms with Crippen molar-refractivity contribution in [2.24, 2.45) is 0 Å². The molecule has 0 bridgehead atoms. The van der Waals surface area contributed by atoms with Crippen molar-refractivity contribution in [1.29, 1.82) is 0 Å². The van der Waals surface area contributed by atoms with Crippen LogP contribution in [0.2, 0.25) is 0 Å². The van der Waals surface area contributed by atoms with Crippen molar-refractivity contribution in [1.82, 2.24) is 14.7 Å². The van der Waals surface area contributed by atoms with Crippen LogP contribution < -0.4 is 5.32 Å². The lowest BCUT2D eigenvalue weighted by Crippen LogP contribution is -2.13. The van der Waals surface area contributed by atoms with Crippen LogP contribution in [0, 0.1) is 6.92 Å². The molecular formula is C12H15N3. The van der Waals surface area contributed by atoms with Crippen molar-refractivity contribution in [3.05, 3.63) is 35.9 Å². The minimum Gasteiger partial charge on any atom is -0.310 e. The first-order valence-electron chi connectivity index (χ1n) is 5.52. The van der Waals surface area contributed by atoms with E-state index in [1.807, 2.05) is 6.33 Å². The Bertz CT molecular complexity index is 481. The molecule has 2 aromatic heterocycles. The minimum atomic E-state index is 0.518. The van der Waals surface area contributed by atoms with E-state index in [0.29, 0.717) is 6.04 Å². The van der Waals surface area contributed by atoms with Crippen LogP contribution in [-0.4, -0.2) is 15.9 Å². The van der Waals surface area contributed by atoms with Crippen LogP contribution in [0.25, 0.3) is 5.52 Å². The second-order valence-electron chi connectivity index (χ2n) is 4.20. The first kappa shape index (κ1) is 8.92. The molecule has 3 heteroatoms. The highest BCUT2D eigenvalue weighted by molar-refractivity contribution is 5.59. The number of hydrogen-bond acceptors (Lipinski definition) is 2. The smallest absolute Gasteiger partial charge is 0.0995 e. The zero-order valence-corrected chi connectivity index (χ0v) is 8.90. The molecule has 0 spiro atoms. The van der Waals surface area contributed by atoms with Gasteiger partial charge in [0.2, 0.25) is 0 Å². The summed E-state index contributed by atoms with van der Waals surface area (Å²) in [5, 5.41) is 3.54. The molecule has 1 saturated heterocycles. The molecule has 78 valence electrons. The molecule has 1 aliphatic rings. The molecule has 1 fully saturated rings. The average Bonchev–Trinajstić information content (AvgIpc) is 2.88. The van der Waals surface area contributed by atoms with Crippen LogP contribution in [0.3, 0.4) is 0 Å². The highest BCUT2D eigenvalue weighted by Crippen LogP contribution is 2.27. The Morgan fingerprint density at radius 2 is 2.47 bits per heavy atom. The number of aryl methyl sites for hydroxylation is 1. The monoisotopic (exact) mass is 201 g/mol. The molecule has 1 aliphatic heterocycles. The lowest BCUT2D eigenvalue weighted by atomic mass is 10.0. The Labute approximate surface area is 89.1 Å². The molecule has 1 N–H and O–H groups in total. The van der Waals surface area contributed by atoms with Gasteiger partial charge in [-0.15, -0.1) is 0 Å². The number of aromatic nitrogens is 2. The Kier molecular flexibility index (Phi) is 1.99. The van der Waals surface area contributed by atoms with Gasteiger partial charge in [-0.3, -0.25) is 0 Å². The van der Waals surface area contributed by atoms with E-state index in [9.17, 15) is 0 Å². The summed E-state index contributed by atoms with van der Waals surface area (Å²) in [7, 11) is 0. The molecule has 0 aliphatic carbocycles. The van der Waals surface area contributed by atoms with Crippen LogP contribution in [-0.2, 0) is 0 Å². The quantitative estimate of drug-likeness (QED) is 0.765. The van der Waals surface area contributed by atoms with E-state index < -0.39 is 0 Å². The van der Waals surface area contributed by atoms with Crippen molar-refractivity contribution in [3.8, 4) is 0 Å². The molecular weight excluding hydrogens is 186 g/mol. The summed E-state index contributed by atoms with van der Waals surface area (Å²) in [6.07, 6.45) is 6.47. The van der Waals surface area contributed by atoms with E-state index in [1.54, 1.807) is 0 Å². The summed E-state index contributed by atoms with van der Waals surface area (Å²) >= 11 is 0. The number of fused-ring (bicyclic) bond motifs is 1. The van der Waals surface area contributed by atoms with E-state index >= 15 is 0 Å². The molecule has 0 amide bonds. The summed E-state index contributed by atoms with van der Waals surface area (Å²) in [6.45, 7) is 3.21. The van der Waals surface area contributed by atoms with Gasteiger partial charge in [-0.2, -0.15) is 0 Å². The predicted octanol–water partition coefficient (Wildman–Crippen LogP) is 2.07. The van der Waals surface area contributed by atoms with Crippen LogP contribution in [0.15, 0.2) is 24.7 Å². The lowest BCUT2D eigenvalue weighted by Gasteiger charge is -2.12. The maximum atomic E-state index is 4.36. The predicted molar refractivity (Wildman–Crippen MR) is 59.9 cm³/mol. The molecule has 1 unspecified atom stereocenters. The SMILES string of the molecule is Cc1ncn2cccc(C3CCCN3)c12.